The Hall–Kier alpha value is -1.49. The maximum Gasteiger partial charge on any atom is 0.191 e. The van der Waals surface area contributed by atoms with Crippen LogP contribution in [-0.4, -0.2) is 20.5 Å². The molecule has 0 saturated carbocycles. The number of ether oxygens (including phenoxy) is 1. The van der Waals surface area contributed by atoms with Crippen molar-refractivity contribution < 1.29 is 4.74 Å². The first kappa shape index (κ1) is 13.0. The van der Waals surface area contributed by atoms with Gasteiger partial charge in [0, 0.05) is 7.05 Å². The Labute approximate surface area is 111 Å². The van der Waals surface area contributed by atoms with Gasteiger partial charge in [0.1, 0.15) is 12.4 Å². The minimum Gasteiger partial charge on any atom is -0.486 e. The third-order valence-electron chi connectivity index (χ3n) is 2.56. The molecule has 96 valence electrons. The fraction of sp³-hybridized carbons (Fsp3) is 0.385. The predicted octanol–water partition coefficient (Wildman–Crippen LogP) is 2.81. The number of aromatic nitrogens is 3. The lowest BCUT2D eigenvalue weighted by atomic mass is 10.2. The molecule has 0 unspecified atom stereocenters. The van der Waals surface area contributed by atoms with E-state index in [1.54, 1.807) is 11.8 Å². The average molecular weight is 263 g/mol. The molecule has 0 amide bonds. The van der Waals surface area contributed by atoms with Gasteiger partial charge < -0.3 is 9.30 Å². The van der Waals surface area contributed by atoms with Crippen molar-refractivity contribution in [2.24, 2.45) is 7.05 Å². The van der Waals surface area contributed by atoms with Crippen LogP contribution < -0.4 is 4.74 Å². The molecule has 2 aromatic rings. The number of aryl methyl sites for hydroxylation is 1. The second-order valence-corrected chi connectivity index (χ2v) is 5.23. The standard InChI is InChI=1S/C13H17N3OS/c1-4-18-13-15-14-12(16(13)3)9-17-11-7-5-6-10(2)8-11/h5-8H,4,9H2,1-3H3. The van der Waals surface area contributed by atoms with E-state index in [4.69, 9.17) is 4.74 Å². The zero-order chi connectivity index (χ0) is 13.0. The van der Waals surface area contributed by atoms with Crippen molar-refractivity contribution in [1.82, 2.24) is 14.8 Å². The van der Waals surface area contributed by atoms with Crippen molar-refractivity contribution in [3.63, 3.8) is 0 Å². The Morgan fingerprint density at radius 3 is 2.89 bits per heavy atom. The normalized spacial score (nSPS) is 10.6. The van der Waals surface area contributed by atoms with E-state index >= 15 is 0 Å². The summed E-state index contributed by atoms with van der Waals surface area (Å²) in [7, 11) is 1.97. The fourth-order valence-electron chi connectivity index (χ4n) is 1.58. The van der Waals surface area contributed by atoms with Gasteiger partial charge in [-0.25, -0.2) is 0 Å². The Bertz CT molecular complexity index is 525. The van der Waals surface area contributed by atoms with Crippen LogP contribution in [0.1, 0.15) is 18.3 Å². The van der Waals surface area contributed by atoms with Crippen molar-refractivity contribution in [3.8, 4) is 5.75 Å². The van der Waals surface area contributed by atoms with Crippen LogP contribution in [-0.2, 0) is 13.7 Å². The molecule has 0 saturated heterocycles. The van der Waals surface area contributed by atoms with Gasteiger partial charge in [-0.15, -0.1) is 10.2 Å². The van der Waals surface area contributed by atoms with Gasteiger partial charge in [0.05, 0.1) is 0 Å². The van der Waals surface area contributed by atoms with Gasteiger partial charge in [0.25, 0.3) is 0 Å². The molecule has 0 aliphatic heterocycles. The van der Waals surface area contributed by atoms with Crippen molar-refractivity contribution >= 4 is 11.8 Å². The molecule has 0 radical (unpaired) electrons. The van der Waals surface area contributed by atoms with Crippen molar-refractivity contribution in [2.75, 3.05) is 5.75 Å². The molecule has 1 aromatic carbocycles. The maximum atomic E-state index is 5.71. The van der Waals surface area contributed by atoms with Crippen LogP contribution in [0.3, 0.4) is 0 Å². The molecular formula is C13H17N3OS. The van der Waals surface area contributed by atoms with Crippen LogP contribution in [0.4, 0.5) is 0 Å². The SMILES string of the molecule is CCSc1nnc(COc2cccc(C)c2)n1C. The zero-order valence-electron chi connectivity index (χ0n) is 10.9. The third kappa shape index (κ3) is 3.04. The summed E-state index contributed by atoms with van der Waals surface area (Å²) in [5.41, 5.74) is 1.19. The predicted molar refractivity (Wildman–Crippen MR) is 72.9 cm³/mol. The third-order valence-corrected chi connectivity index (χ3v) is 3.46. The van der Waals surface area contributed by atoms with E-state index in [0.29, 0.717) is 6.61 Å². The highest BCUT2D eigenvalue weighted by Gasteiger charge is 2.08. The molecule has 2 rings (SSSR count). The topological polar surface area (TPSA) is 39.9 Å². The van der Waals surface area contributed by atoms with Crippen molar-refractivity contribution in [1.29, 1.82) is 0 Å². The highest BCUT2D eigenvalue weighted by Crippen LogP contribution is 2.17. The van der Waals surface area contributed by atoms with Crippen molar-refractivity contribution in [3.05, 3.63) is 35.7 Å². The Morgan fingerprint density at radius 1 is 1.33 bits per heavy atom. The van der Waals surface area contributed by atoms with E-state index in [1.165, 1.54) is 5.56 Å². The lowest BCUT2D eigenvalue weighted by Crippen LogP contribution is -2.04. The van der Waals surface area contributed by atoms with Gasteiger partial charge in [-0.3, -0.25) is 0 Å². The summed E-state index contributed by atoms with van der Waals surface area (Å²) >= 11 is 1.68. The van der Waals surface area contributed by atoms with Crippen LogP contribution >= 0.6 is 11.8 Å². The number of rotatable bonds is 5. The smallest absolute Gasteiger partial charge is 0.191 e. The van der Waals surface area contributed by atoms with E-state index in [1.807, 2.05) is 42.8 Å². The van der Waals surface area contributed by atoms with E-state index < -0.39 is 0 Å². The second-order valence-electron chi connectivity index (χ2n) is 4.00. The van der Waals surface area contributed by atoms with Gasteiger partial charge in [0.15, 0.2) is 11.0 Å². The van der Waals surface area contributed by atoms with Gasteiger partial charge in [-0.1, -0.05) is 30.8 Å². The highest BCUT2D eigenvalue weighted by atomic mass is 32.2. The van der Waals surface area contributed by atoms with Crippen LogP contribution in [0.25, 0.3) is 0 Å². The minimum absolute atomic E-state index is 0.442. The molecule has 1 aromatic heterocycles. The lowest BCUT2D eigenvalue weighted by molar-refractivity contribution is 0.290. The fourth-order valence-corrected chi connectivity index (χ4v) is 2.23. The monoisotopic (exact) mass is 263 g/mol. The molecule has 0 fully saturated rings. The van der Waals surface area contributed by atoms with E-state index in [9.17, 15) is 0 Å². The molecule has 5 heteroatoms. The molecule has 0 aliphatic carbocycles. The largest absolute Gasteiger partial charge is 0.486 e. The second kappa shape index (κ2) is 5.91. The van der Waals surface area contributed by atoms with Crippen LogP contribution in [0, 0.1) is 6.92 Å². The molecule has 18 heavy (non-hydrogen) atoms. The van der Waals surface area contributed by atoms with Gasteiger partial charge >= 0.3 is 0 Å². The maximum absolute atomic E-state index is 5.71. The molecule has 0 aliphatic rings. The number of hydrogen-bond acceptors (Lipinski definition) is 4. The molecule has 0 atom stereocenters. The van der Waals surface area contributed by atoms with Gasteiger partial charge in [-0.2, -0.15) is 0 Å². The van der Waals surface area contributed by atoms with E-state index in [-0.39, 0.29) is 0 Å². The lowest BCUT2D eigenvalue weighted by Gasteiger charge is -2.06. The summed E-state index contributed by atoms with van der Waals surface area (Å²) in [6.45, 7) is 4.59. The summed E-state index contributed by atoms with van der Waals surface area (Å²) in [5, 5.41) is 9.20. The zero-order valence-corrected chi connectivity index (χ0v) is 11.7. The van der Waals surface area contributed by atoms with E-state index in [0.717, 1.165) is 22.5 Å². The summed E-state index contributed by atoms with van der Waals surface area (Å²) in [6, 6.07) is 7.99. The number of hydrogen-bond donors (Lipinski definition) is 0. The molecule has 0 N–H and O–H groups in total. The average Bonchev–Trinajstić information content (AvgIpc) is 2.69. The number of nitrogens with zero attached hydrogens (tertiary/aromatic N) is 3. The molecule has 4 nitrogen and oxygen atoms in total. The van der Waals surface area contributed by atoms with E-state index in [2.05, 4.69) is 17.1 Å². The first-order valence-corrected chi connectivity index (χ1v) is 6.89. The summed E-state index contributed by atoms with van der Waals surface area (Å²) in [5.74, 6) is 2.69. The van der Waals surface area contributed by atoms with Crippen LogP contribution in [0.5, 0.6) is 5.75 Å². The number of benzene rings is 1. The minimum atomic E-state index is 0.442. The van der Waals surface area contributed by atoms with Gasteiger partial charge in [0.2, 0.25) is 0 Å². The molecule has 1 heterocycles. The summed E-state index contributed by atoms with van der Waals surface area (Å²) in [4.78, 5) is 0. The number of thioether (sulfide) groups is 1. The Kier molecular flexibility index (Phi) is 4.25. The summed E-state index contributed by atoms with van der Waals surface area (Å²) in [6.07, 6.45) is 0. The van der Waals surface area contributed by atoms with Gasteiger partial charge in [-0.05, 0) is 30.4 Å². The Balaban J connectivity index is 2.02. The van der Waals surface area contributed by atoms with Crippen LogP contribution in [0.15, 0.2) is 29.4 Å². The Morgan fingerprint density at radius 2 is 2.17 bits per heavy atom. The quantitative estimate of drug-likeness (QED) is 0.778. The first-order chi connectivity index (χ1) is 8.70. The highest BCUT2D eigenvalue weighted by molar-refractivity contribution is 7.99. The molecule has 0 bridgehead atoms. The first-order valence-electron chi connectivity index (χ1n) is 5.91. The van der Waals surface area contributed by atoms with Crippen LogP contribution in [0.2, 0.25) is 0 Å². The van der Waals surface area contributed by atoms with Crippen molar-refractivity contribution in [2.45, 2.75) is 25.6 Å². The summed E-state index contributed by atoms with van der Waals surface area (Å²) < 4.78 is 7.69. The molecular weight excluding hydrogens is 246 g/mol. The molecule has 0 spiro atoms.